The molecule has 4 rings (SSSR count). The van der Waals surface area contributed by atoms with Crippen molar-refractivity contribution in [1.29, 1.82) is 0 Å². The third-order valence-corrected chi connectivity index (χ3v) is 7.05. The molecule has 22 heteroatoms. The van der Waals surface area contributed by atoms with Crippen molar-refractivity contribution in [3.8, 4) is 69.0 Å². The summed E-state index contributed by atoms with van der Waals surface area (Å²) in [6, 6.07) is 5.56. The minimum atomic E-state index is -4.27. The van der Waals surface area contributed by atoms with E-state index < -0.39 is 130 Å². The third-order valence-electron chi connectivity index (χ3n) is 5.83. The van der Waals surface area contributed by atoms with Gasteiger partial charge in [0.1, 0.15) is 0 Å². The fourth-order valence-corrected chi connectivity index (χ4v) is 4.50. The molecule has 0 heterocycles. The molecule has 0 fully saturated rings. The minimum Gasteiger partial charge on any atom is -0.547 e. The monoisotopic (exact) mass is 710 g/mol. The van der Waals surface area contributed by atoms with Crippen LogP contribution in [0.1, 0.15) is 41.4 Å². The van der Waals surface area contributed by atoms with Crippen LogP contribution in [0.4, 0.5) is 0 Å². The van der Waals surface area contributed by atoms with Crippen LogP contribution in [0.25, 0.3) is 0 Å². The van der Waals surface area contributed by atoms with Crippen LogP contribution in [0.2, 0.25) is 0 Å². The maximum Gasteiger partial charge on any atom is 1.20 e. The van der Waals surface area contributed by atoms with Gasteiger partial charge in [-0.2, -0.15) is 0 Å². The van der Waals surface area contributed by atoms with Gasteiger partial charge in [-0.1, -0.05) is 0 Å². The van der Waals surface area contributed by atoms with Gasteiger partial charge >= 0.3 is 51.9 Å². The summed E-state index contributed by atoms with van der Waals surface area (Å²) in [4.78, 5) is 47.7. The molecule has 0 aliphatic heterocycles. The Morgan fingerprint density at radius 3 is 0.760 bits per heavy atom. The van der Waals surface area contributed by atoms with Crippen LogP contribution in [-0.2, 0) is 11.4 Å². The number of benzene rings is 4. The van der Waals surface area contributed by atoms with Crippen molar-refractivity contribution < 1.29 is 116 Å². The topological polar surface area (TPSA) is 362 Å². The number of carbonyl (C=O) groups is 4. The van der Waals surface area contributed by atoms with E-state index in [0.29, 0.717) is 36.4 Å². The number of aromatic hydroxyl groups is 12. The minimum absolute atomic E-state index is 0. The van der Waals surface area contributed by atoms with Gasteiger partial charge in [-0.25, -0.2) is 14.4 Å². The van der Waals surface area contributed by atoms with Crippen LogP contribution in [0, 0.1) is 0 Å². The summed E-state index contributed by atoms with van der Waals surface area (Å²) < 4.78 is 14.7. The summed E-state index contributed by atoms with van der Waals surface area (Å²) in [6.07, 6.45) is 0. The molecule has 4 aromatic rings. The predicted molar refractivity (Wildman–Crippen MR) is 152 cm³/mol. The van der Waals surface area contributed by atoms with Gasteiger partial charge in [-0.3, -0.25) is 0 Å². The predicted octanol–water partition coefficient (Wildman–Crippen LogP) is -2.94. The Balaban J connectivity index is 0.000000564. The molecule has 0 aliphatic carbocycles. The van der Waals surface area contributed by atoms with Crippen molar-refractivity contribution in [3.63, 3.8) is 0 Å². The Hall–Kier alpha value is -6.51. The van der Waals surface area contributed by atoms with Crippen LogP contribution in [0.3, 0.4) is 0 Å². The van der Waals surface area contributed by atoms with E-state index in [0.717, 1.165) is 12.1 Å². The van der Waals surface area contributed by atoms with E-state index in [9.17, 15) is 70.2 Å². The molecule has 0 atom stereocenters. The molecule has 50 heavy (non-hydrogen) atoms. The average Bonchev–Trinajstić information content (AvgIpc) is 3.02. The van der Waals surface area contributed by atoms with Crippen molar-refractivity contribution in [1.82, 2.24) is 0 Å². The zero-order valence-electron chi connectivity index (χ0n) is 24.8. The Bertz CT molecular complexity index is 1720. The fourth-order valence-electron chi connectivity index (χ4n) is 3.43. The SMILES string of the molecule is O=C([O-])c1cc(O)c(O)c(O)c1.O=C([O][Al]([O]C(=O)c1cc(O)c(O)c(O)c1)[O]C(=O)c1cc(O)c(O)c(O)c1)c1cc(O)c(O)c(O)c1.[Li+]. The molecule has 0 bridgehead atoms. The molecular formula is C28H20AlLiO20. The first-order chi connectivity index (χ1) is 22.8. The van der Waals surface area contributed by atoms with Crippen LogP contribution >= 0.6 is 0 Å². The van der Waals surface area contributed by atoms with Crippen LogP contribution in [0.15, 0.2) is 48.5 Å². The van der Waals surface area contributed by atoms with Crippen LogP contribution in [0.5, 0.6) is 69.0 Å². The fraction of sp³-hybridized carbons (Fsp3) is 0. The van der Waals surface area contributed by atoms with Gasteiger partial charge in [-0.05, 0) is 48.5 Å². The zero-order chi connectivity index (χ0) is 36.9. The van der Waals surface area contributed by atoms with Crippen molar-refractivity contribution in [2.24, 2.45) is 0 Å². The molecular weight excluding hydrogens is 690 g/mol. The van der Waals surface area contributed by atoms with Gasteiger partial charge in [0.05, 0.1) is 22.7 Å². The van der Waals surface area contributed by atoms with Crippen LogP contribution in [-0.4, -0.2) is 100 Å². The maximum absolute atomic E-state index is 12.5. The van der Waals surface area contributed by atoms with Gasteiger partial charge in [0.2, 0.25) is 0 Å². The van der Waals surface area contributed by atoms with Gasteiger partial charge in [0.15, 0.2) is 69.0 Å². The summed E-state index contributed by atoms with van der Waals surface area (Å²) in [5, 5.41) is 122. The largest absolute Gasteiger partial charge is 1.20 e. The van der Waals surface area contributed by atoms with Crippen molar-refractivity contribution in [2.75, 3.05) is 0 Å². The standard InChI is InChI=1S/4C7H6O5.Al.Li/c4*8-4-1-3(7(11)12)2-5(9)6(4)10;;/h4*1-2,8-10H,(H,11,12);;/q;;;;+3;+1/p-4. The summed E-state index contributed by atoms with van der Waals surface area (Å²) in [7, 11) is 0. The molecule has 20 nitrogen and oxygen atoms in total. The molecule has 0 amide bonds. The normalized spacial score (nSPS) is 10.0. The molecule has 0 radical (unpaired) electrons. The number of carboxylic acids is 1. The Morgan fingerprint density at radius 2 is 0.580 bits per heavy atom. The maximum atomic E-state index is 12.5. The van der Waals surface area contributed by atoms with E-state index in [1.807, 2.05) is 0 Å². The second kappa shape index (κ2) is 16.1. The first-order valence-corrected chi connectivity index (χ1v) is 14.1. The molecule has 0 saturated heterocycles. The average molecular weight is 710 g/mol. The molecule has 0 unspecified atom stereocenters. The first-order valence-electron chi connectivity index (χ1n) is 12.6. The second-order valence-corrected chi connectivity index (χ2v) is 10.5. The molecule has 0 saturated carbocycles. The first kappa shape index (κ1) is 39.7. The van der Waals surface area contributed by atoms with E-state index >= 15 is 0 Å². The number of hydrogen-bond donors (Lipinski definition) is 12. The number of carbonyl (C=O) groups excluding carboxylic acids is 4. The molecule has 0 spiro atoms. The number of carboxylic acid groups (broad SMARTS) is 1. The summed E-state index contributed by atoms with van der Waals surface area (Å²) in [6.45, 7) is 0. The van der Waals surface area contributed by atoms with Crippen molar-refractivity contribution >= 4 is 39.0 Å². The van der Waals surface area contributed by atoms with Gasteiger partial charge in [0, 0.05) is 5.56 Å². The van der Waals surface area contributed by atoms with E-state index in [1.165, 1.54) is 0 Å². The van der Waals surface area contributed by atoms with Crippen molar-refractivity contribution in [2.45, 2.75) is 0 Å². The van der Waals surface area contributed by atoms with Crippen molar-refractivity contribution in [3.05, 3.63) is 70.8 Å². The smallest absolute Gasteiger partial charge is 0.547 e. The summed E-state index contributed by atoms with van der Waals surface area (Å²) >= 11 is -4.27. The number of rotatable bonds is 7. The Labute approximate surface area is 293 Å². The molecule has 4 aromatic carbocycles. The quantitative estimate of drug-likeness (QED) is 0.0674. The molecule has 12 N–H and O–H groups in total. The van der Waals surface area contributed by atoms with Crippen LogP contribution < -0.4 is 24.0 Å². The summed E-state index contributed by atoms with van der Waals surface area (Å²) in [5.74, 6) is -16.4. The Kier molecular flexibility index (Phi) is 12.7. The van der Waals surface area contributed by atoms with Gasteiger partial charge < -0.3 is 82.5 Å². The van der Waals surface area contributed by atoms with E-state index in [2.05, 4.69) is 0 Å². The number of hydrogen-bond acceptors (Lipinski definition) is 20. The third kappa shape index (κ3) is 9.31. The number of phenolic OH excluding ortho intramolecular Hbond substituents is 12. The number of phenols is 12. The molecule has 0 aromatic heterocycles. The van der Waals surface area contributed by atoms with Gasteiger partial charge in [-0.15, -0.1) is 0 Å². The second-order valence-electron chi connectivity index (χ2n) is 9.24. The van der Waals surface area contributed by atoms with E-state index in [-0.39, 0.29) is 18.9 Å². The van der Waals surface area contributed by atoms with Gasteiger partial charge in [0.25, 0.3) is 0 Å². The zero-order valence-corrected chi connectivity index (χ0v) is 26.0. The van der Waals surface area contributed by atoms with E-state index in [4.69, 9.17) is 26.7 Å². The number of aromatic carboxylic acids is 1. The Morgan fingerprint density at radius 1 is 0.400 bits per heavy atom. The van der Waals surface area contributed by atoms with E-state index in [1.54, 1.807) is 0 Å². The molecule has 0 aliphatic rings. The molecule has 256 valence electrons. The summed E-state index contributed by atoms with van der Waals surface area (Å²) in [5.41, 5.74) is -2.16.